The first-order valence-electron chi connectivity index (χ1n) is 9.55. The van der Waals surface area contributed by atoms with Gasteiger partial charge in [0.15, 0.2) is 5.82 Å². The van der Waals surface area contributed by atoms with Crippen LogP contribution in [0, 0.1) is 5.82 Å². The summed E-state index contributed by atoms with van der Waals surface area (Å²) in [4.78, 5) is 11.2. The molecule has 0 spiro atoms. The summed E-state index contributed by atoms with van der Waals surface area (Å²) in [6, 6.07) is 10.0. The molecule has 2 aromatic heterocycles. The maximum Gasteiger partial charge on any atom is 0.258 e. The summed E-state index contributed by atoms with van der Waals surface area (Å²) in [6.45, 7) is 5.74. The van der Waals surface area contributed by atoms with Gasteiger partial charge in [-0.1, -0.05) is 19.0 Å². The number of pyridine rings is 1. The van der Waals surface area contributed by atoms with E-state index in [2.05, 4.69) is 20.0 Å². The Balaban J connectivity index is 1.39. The maximum absolute atomic E-state index is 13.0. The van der Waals surface area contributed by atoms with Crippen LogP contribution < -0.4 is 9.64 Å². The smallest absolute Gasteiger partial charge is 0.258 e. The van der Waals surface area contributed by atoms with E-state index < -0.39 is 0 Å². The fourth-order valence-corrected chi connectivity index (χ4v) is 3.22. The second-order valence-electron chi connectivity index (χ2n) is 7.27. The molecule has 1 aliphatic rings. The zero-order valence-electron chi connectivity index (χ0n) is 16.0. The summed E-state index contributed by atoms with van der Waals surface area (Å²) in [6.07, 6.45) is 3.64. The zero-order valence-corrected chi connectivity index (χ0v) is 16.0. The van der Waals surface area contributed by atoms with Gasteiger partial charge in [-0.25, -0.2) is 9.37 Å². The Morgan fingerprint density at radius 1 is 1.14 bits per heavy atom. The van der Waals surface area contributed by atoms with Crippen molar-refractivity contribution in [2.24, 2.45) is 0 Å². The average Bonchev–Trinajstić information content (AvgIpc) is 3.21. The van der Waals surface area contributed by atoms with Crippen LogP contribution in [0.2, 0.25) is 0 Å². The number of ether oxygens (including phenoxy) is 1. The SMILES string of the molecule is CC(C)c1noc(-c2ccnc(N3CCC(Oc4ccc(F)cc4)CC3)c2)n1. The van der Waals surface area contributed by atoms with E-state index in [9.17, 15) is 4.39 Å². The molecular weight excluding hydrogens is 359 g/mol. The van der Waals surface area contributed by atoms with Crippen LogP contribution >= 0.6 is 0 Å². The van der Waals surface area contributed by atoms with Gasteiger partial charge < -0.3 is 14.2 Å². The van der Waals surface area contributed by atoms with Crippen molar-refractivity contribution in [2.75, 3.05) is 18.0 Å². The summed E-state index contributed by atoms with van der Waals surface area (Å²) >= 11 is 0. The summed E-state index contributed by atoms with van der Waals surface area (Å²) in [5.41, 5.74) is 0.870. The number of hydrogen-bond donors (Lipinski definition) is 0. The van der Waals surface area contributed by atoms with E-state index >= 15 is 0 Å². The summed E-state index contributed by atoms with van der Waals surface area (Å²) in [5.74, 6) is 2.78. The highest BCUT2D eigenvalue weighted by atomic mass is 19.1. The molecule has 0 radical (unpaired) electrons. The quantitative estimate of drug-likeness (QED) is 0.650. The molecule has 0 amide bonds. The van der Waals surface area contributed by atoms with Crippen LogP contribution in [0.3, 0.4) is 0 Å². The van der Waals surface area contributed by atoms with E-state index in [1.807, 2.05) is 26.0 Å². The Morgan fingerprint density at radius 2 is 1.89 bits per heavy atom. The molecule has 1 aliphatic heterocycles. The number of halogens is 1. The van der Waals surface area contributed by atoms with E-state index in [0.29, 0.717) is 17.5 Å². The Kier molecular flexibility index (Phi) is 5.23. The van der Waals surface area contributed by atoms with Crippen LogP contribution in [0.1, 0.15) is 38.4 Å². The van der Waals surface area contributed by atoms with Gasteiger partial charge in [0.2, 0.25) is 0 Å². The molecule has 6 nitrogen and oxygen atoms in total. The first-order valence-corrected chi connectivity index (χ1v) is 9.55. The van der Waals surface area contributed by atoms with Crippen molar-refractivity contribution >= 4 is 5.82 Å². The van der Waals surface area contributed by atoms with Gasteiger partial charge in [-0.3, -0.25) is 0 Å². The first-order chi connectivity index (χ1) is 13.6. The van der Waals surface area contributed by atoms with E-state index in [4.69, 9.17) is 9.26 Å². The zero-order chi connectivity index (χ0) is 19.5. The number of nitrogens with zero attached hydrogens (tertiary/aromatic N) is 4. The number of rotatable bonds is 5. The lowest BCUT2D eigenvalue weighted by molar-refractivity contribution is 0.170. The summed E-state index contributed by atoms with van der Waals surface area (Å²) in [7, 11) is 0. The molecule has 0 aliphatic carbocycles. The highest BCUT2D eigenvalue weighted by Crippen LogP contribution is 2.26. The molecule has 1 saturated heterocycles. The van der Waals surface area contributed by atoms with Crippen molar-refractivity contribution in [3.8, 4) is 17.2 Å². The molecule has 3 heterocycles. The molecule has 4 rings (SSSR count). The predicted molar refractivity (Wildman–Crippen MR) is 104 cm³/mol. The molecular formula is C21H23FN4O2. The van der Waals surface area contributed by atoms with Crippen LogP contribution in [0.5, 0.6) is 5.75 Å². The van der Waals surface area contributed by atoms with Crippen molar-refractivity contribution in [2.45, 2.75) is 38.7 Å². The molecule has 0 N–H and O–H groups in total. The number of aromatic nitrogens is 3. The predicted octanol–water partition coefficient (Wildman–Crippen LogP) is 4.44. The highest BCUT2D eigenvalue weighted by molar-refractivity contribution is 5.58. The van der Waals surface area contributed by atoms with Crippen molar-refractivity contribution < 1.29 is 13.7 Å². The third kappa shape index (κ3) is 4.13. The van der Waals surface area contributed by atoms with Gasteiger partial charge >= 0.3 is 0 Å². The number of benzene rings is 1. The molecule has 3 aromatic rings. The molecule has 0 unspecified atom stereocenters. The Labute approximate surface area is 163 Å². The molecule has 28 heavy (non-hydrogen) atoms. The van der Waals surface area contributed by atoms with Gasteiger partial charge in [-0.2, -0.15) is 4.98 Å². The molecule has 1 fully saturated rings. The number of hydrogen-bond acceptors (Lipinski definition) is 6. The minimum atomic E-state index is -0.255. The second-order valence-corrected chi connectivity index (χ2v) is 7.27. The Hall–Kier alpha value is -2.96. The Morgan fingerprint density at radius 3 is 2.57 bits per heavy atom. The minimum absolute atomic E-state index is 0.120. The lowest BCUT2D eigenvalue weighted by Crippen LogP contribution is -2.38. The molecule has 0 saturated carbocycles. The van der Waals surface area contributed by atoms with Gasteiger partial charge in [-0.15, -0.1) is 0 Å². The normalized spacial score (nSPS) is 15.2. The summed E-state index contributed by atoms with van der Waals surface area (Å²) < 4.78 is 24.4. The summed E-state index contributed by atoms with van der Waals surface area (Å²) in [5, 5.41) is 4.03. The van der Waals surface area contributed by atoms with Crippen molar-refractivity contribution in [3.63, 3.8) is 0 Å². The maximum atomic E-state index is 13.0. The molecule has 7 heteroatoms. The fourth-order valence-electron chi connectivity index (χ4n) is 3.22. The lowest BCUT2D eigenvalue weighted by Gasteiger charge is -2.33. The van der Waals surface area contributed by atoms with Crippen molar-refractivity contribution in [1.82, 2.24) is 15.1 Å². The average molecular weight is 382 g/mol. The topological polar surface area (TPSA) is 64.3 Å². The van der Waals surface area contributed by atoms with Crippen LogP contribution in [0.4, 0.5) is 10.2 Å². The van der Waals surface area contributed by atoms with E-state index in [1.54, 1.807) is 18.3 Å². The van der Waals surface area contributed by atoms with E-state index in [-0.39, 0.29) is 17.8 Å². The number of anilines is 1. The van der Waals surface area contributed by atoms with E-state index in [1.165, 1.54) is 12.1 Å². The minimum Gasteiger partial charge on any atom is -0.490 e. The standard InChI is InChI=1S/C21H23FN4O2/c1-14(2)20-24-21(28-25-20)15-7-10-23-19(13-15)26-11-8-18(9-12-26)27-17-5-3-16(22)4-6-17/h3-7,10,13-14,18H,8-9,11-12H2,1-2H3. The molecule has 1 aromatic carbocycles. The fraction of sp³-hybridized carbons (Fsp3) is 0.381. The van der Waals surface area contributed by atoms with Gasteiger partial charge in [-0.05, 0) is 36.4 Å². The molecule has 0 bridgehead atoms. The largest absolute Gasteiger partial charge is 0.490 e. The van der Waals surface area contributed by atoms with Crippen molar-refractivity contribution in [3.05, 3.63) is 54.2 Å². The molecule has 0 atom stereocenters. The van der Waals surface area contributed by atoms with Gasteiger partial charge in [0.1, 0.15) is 23.5 Å². The van der Waals surface area contributed by atoms with Crippen LogP contribution in [0.25, 0.3) is 11.5 Å². The van der Waals surface area contributed by atoms with E-state index in [0.717, 1.165) is 37.3 Å². The van der Waals surface area contributed by atoms with Gasteiger partial charge in [0.05, 0.1) is 0 Å². The van der Waals surface area contributed by atoms with Gasteiger partial charge in [0, 0.05) is 43.6 Å². The highest BCUT2D eigenvalue weighted by Gasteiger charge is 2.22. The third-order valence-corrected chi connectivity index (χ3v) is 4.83. The lowest BCUT2D eigenvalue weighted by atomic mass is 10.1. The third-order valence-electron chi connectivity index (χ3n) is 4.83. The Bertz CT molecular complexity index is 918. The van der Waals surface area contributed by atoms with Crippen molar-refractivity contribution in [1.29, 1.82) is 0 Å². The van der Waals surface area contributed by atoms with Crippen LogP contribution in [-0.2, 0) is 0 Å². The van der Waals surface area contributed by atoms with Crippen LogP contribution in [0.15, 0.2) is 47.1 Å². The second kappa shape index (κ2) is 7.96. The number of piperidine rings is 1. The first kappa shape index (κ1) is 18.4. The molecule has 146 valence electrons. The monoisotopic (exact) mass is 382 g/mol. The van der Waals surface area contributed by atoms with Gasteiger partial charge in [0.25, 0.3) is 5.89 Å². The van der Waals surface area contributed by atoms with Crippen LogP contribution in [-0.4, -0.2) is 34.3 Å².